The first kappa shape index (κ1) is 26.7. The van der Waals surface area contributed by atoms with Gasteiger partial charge in [0.25, 0.3) is 17.7 Å². The fourth-order valence-corrected chi connectivity index (χ4v) is 6.86. The molecule has 4 aromatic carbocycles. The van der Waals surface area contributed by atoms with E-state index in [1.165, 1.54) is 16.0 Å². The first-order valence-electron chi connectivity index (χ1n) is 14.1. The van der Waals surface area contributed by atoms with Gasteiger partial charge in [-0.2, -0.15) is 0 Å². The Hall–Kier alpha value is -4.51. The minimum absolute atomic E-state index is 0.231. The average Bonchev–Trinajstić information content (AvgIpc) is 3.21. The average molecular weight is 543 g/mol. The molecule has 5 nitrogen and oxygen atoms in total. The number of carbonyl (C=O) groups excluding carboxylic acids is 3. The third kappa shape index (κ3) is 4.37. The highest BCUT2D eigenvalue weighted by Gasteiger charge is 2.51. The number of nitrogens with zero attached hydrogens (tertiary/aromatic N) is 2. The Labute approximate surface area is 241 Å². The Balaban J connectivity index is 1.48. The van der Waals surface area contributed by atoms with E-state index >= 15 is 0 Å². The summed E-state index contributed by atoms with van der Waals surface area (Å²) in [5.74, 6) is -1.10. The zero-order valence-electron chi connectivity index (χ0n) is 23.9. The Bertz CT molecular complexity index is 1620. The van der Waals surface area contributed by atoms with E-state index in [1.54, 1.807) is 24.3 Å². The van der Waals surface area contributed by atoms with Gasteiger partial charge in [0.15, 0.2) is 0 Å². The minimum atomic E-state index is -0.999. The highest BCUT2D eigenvalue weighted by Crippen LogP contribution is 2.50. The molecule has 2 aliphatic rings. The summed E-state index contributed by atoms with van der Waals surface area (Å²) in [5.41, 5.74) is 4.87. The van der Waals surface area contributed by atoms with E-state index in [1.807, 2.05) is 53.4 Å². The van der Waals surface area contributed by atoms with E-state index in [9.17, 15) is 14.4 Å². The van der Waals surface area contributed by atoms with Crippen molar-refractivity contribution in [3.63, 3.8) is 0 Å². The molecule has 6 rings (SSSR count). The highest BCUT2D eigenvalue weighted by molar-refractivity contribution is 6.23. The molecule has 0 bridgehead atoms. The van der Waals surface area contributed by atoms with E-state index in [0.29, 0.717) is 17.5 Å². The van der Waals surface area contributed by atoms with Gasteiger partial charge in [0.2, 0.25) is 0 Å². The Morgan fingerprint density at radius 3 is 1.95 bits per heavy atom. The number of rotatable bonds is 5. The van der Waals surface area contributed by atoms with Crippen LogP contribution >= 0.6 is 0 Å². The molecule has 0 saturated carbocycles. The lowest BCUT2D eigenvalue weighted by Gasteiger charge is -2.52. The lowest BCUT2D eigenvalue weighted by atomic mass is 9.65. The fourth-order valence-electron chi connectivity index (χ4n) is 6.86. The first-order valence-corrected chi connectivity index (χ1v) is 14.1. The predicted octanol–water partition coefficient (Wildman–Crippen LogP) is 6.72. The number of aryl methyl sites for hydroxylation is 1. The van der Waals surface area contributed by atoms with E-state index in [0.717, 1.165) is 16.8 Å². The molecule has 41 heavy (non-hydrogen) atoms. The van der Waals surface area contributed by atoms with Crippen molar-refractivity contribution in [3.8, 4) is 0 Å². The minimum Gasteiger partial charge on any atom is -0.305 e. The normalized spacial score (nSPS) is 20.0. The molecular formula is C36H34N2O3. The van der Waals surface area contributed by atoms with Crippen molar-refractivity contribution in [2.24, 2.45) is 0 Å². The number of amides is 3. The number of hydrogen-bond donors (Lipinski definition) is 0. The van der Waals surface area contributed by atoms with Crippen molar-refractivity contribution in [1.29, 1.82) is 0 Å². The van der Waals surface area contributed by atoms with E-state index in [-0.39, 0.29) is 17.7 Å². The highest BCUT2D eigenvalue weighted by atomic mass is 16.2. The molecule has 3 amide bonds. The van der Waals surface area contributed by atoms with Crippen molar-refractivity contribution in [2.75, 3.05) is 4.90 Å². The molecular weight excluding hydrogens is 508 g/mol. The van der Waals surface area contributed by atoms with Crippen molar-refractivity contribution in [3.05, 3.63) is 137 Å². The molecule has 0 saturated heterocycles. The first-order chi connectivity index (χ1) is 19.6. The van der Waals surface area contributed by atoms with Crippen LogP contribution in [0.1, 0.15) is 70.2 Å². The van der Waals surface area contributed by atoms with E-state index < -0.39 is 23.4 Å². The van der Waals surface area contributed by atoms with Gasteiger partial charge in [0, 0.05) is 23.1 Å². The van der Waals surface area contributed by atoms with Crippen molar-refractivity contribution >= 4 is 23.4 Å². The van der Waals surface area contributed by atoms with Gasteiger partial charge in [-0.3, -0.25) is 19.3 Å². The lowest BCUT2D eigenvalue weighted by molar-refractivity contribution is -0.123. The molecule has 0 aliphatic carbocycles. The summed E-state index contributed by atoms with van der Waals surface area (Å²) >= 11 is 0. The molecule has 5 heteroatoms. The summed E-state index contributed by atoms with van der Waals surface area (Å²) in [6, 6.07) is 32.1. The van der Waals surface area contributed by atoms with Crippen molar-refractivity contribution < 1.29 is 14.4 Å². The summed E-state index contributed by atoms with van der Waals surface area (Å²) in [6.45, 7) is 8.48. The number of benzene rings is 4. The number of hydrogen-bond acceptors (Lipinski definition) is 3. The monoisotopic (exact) mass is 542 g/mol. The molecule has 2 atom stereocenters. The van der Waals surface area contributed by atoms with Crippen LogP contribution in [0.15, 0.2) is 103 Å². The SMILES string of the molecule is Cc1ccc([C@@]2(C)CC(C)(C)N(C(=O)[C@@H](Cc3ccccc3)N3C(=O)c4ccccc4C3=O)c3ccccc32)cc1. The maximum atomic E-state index is 14.9. The zero-order valence-corrected chi connectivity index (χ0v) is 23.9. The van der Waals surface area contributed by atoms with Gasteiger partial charge >= 0.3 is 0 Å². The second-order valence-corrected chi connectivity index (χ2v) is 12.1. The molecule has 2 heterocycles. The van der Waals surface area contributed by atoms with Crippen LogP contribution in [0.5, 0.6) is 0 Å². The second kappa shape index (κ2) is 9.84. The van der Waals surface area contributed by atoms with Crippen LogP contribution in [0.2, 0.25) is 0 Å². The largest absolute Gasteiger partial charge is 0.305 e. The van der Waals surface area contributed by atoms with Crippen LogP contribution in [-0.4, -0.2) is 34.2 Å². The third-order valence-electron chi connectivity index (χ3n) is 8.73. The van der Waals surface area contributed by atoms with Gasteiger partial charge in [-0.05, 0) is 62.1 Å². The number of para-hydroxylation sites is 1. The summed E-state index contributed by atoms with van der Waals surface area (Å²) in [7, 11) is 0. The third-order valence-corrected chi connectivity index (χ3v) is 8.73. The van der Waals surface area contributed by atoms with E-state index in [4.69, 9.17) is 0 Å². The second-order valence-electron chi connectivity index (χ2n) is 12.1. The lowest BCUT2D eigenvalue weighted by Crippen LogP contribution is -2.61. The molecule has 0 spiro atoms. The topological polar surface area (TPSA) is 57.7 Å². The van der Waals surface area contributed by atoms with Gasteiger partial charge in [-0.1, -0.05) is 97.4 Å². The van der Waals surface area contributed by atoms with Crippen LogP contribution in [0.25, 0.3) is 0 Å². The predicted molar refractivity (Wildman–Crippen MR) is 161 cm³/mol. The van der Waals surface area contributed by atoms with Crippen molar-refractivity contribution in [2.45, 2.75) is 57.5 Å². The molecule has 2 aliphatic heterocycles. The maximum absolute atomic E-state index is 14.9. The fraction of sp³-hybridized carbons (Fsp3) is 0.250. The number of fused-ring (bicyclic) bond motifs is 2. The van der Waals surface area contributed by atoms with Crippen molar-refractivity contribution in [1.82, 2.24) is 4.90 Å². The quantitative estimate of drug-likeness (QED) is 0.263. The Morgan fingerprint density at radius 1 is 0.756 bits per heavy atom. The van der Waals surface area contributed by atoms with Crippen LogP contribution in [0, 0.1) is 6.92 Å². The van der Waals surface area contributed by atoms with Gasteiger partial charge < -0.3 is 4.90 Å². The number of anilines is 1. The molecule has 0 N–H and O–H groups in total. The molecule has 4 aromatic rings. The zero-order chi connectivity index (χ0) is 28.9. The number of imide groups is 1. The number of carbonyl (C=O) groups is 3. The smallest absolute Gasteiger partial charge is 0.262 e. The van der Waals surface area contributed by atoms with Crippen LogP contribution < -0.4 is 4.90 Å². The molecule has 0 aromatic heterocycles. The Morgan fingerprint density at radius 2 is 1.32 bits per heavy atom. The summed E-state index contributed by atoms with van der Waals surface area (Å²) in [5, 5.41) is 0. The summed E-state index contributed by atoms with van der Waals surface area (Å²) < 4.78 is 0. The summed E-state index contributed by atoms with van der Waals surface area (Å²) in [4.78, 5) is 45.3. The van der Waals surface area contributed by atoms with Gasteiger partial charge in [0.05, 0.1) is 11.1 Å². The van der Waals surface area contributed by atoms with E-state index in [2.05, 4.69) is 58.0 Å². The summed E-state index contributed by atoms with van der Waals surface area (Å²) in [6.07, 6.45) is 0.904. The molecule has 0 unspecified atom stereocenters. The standard InChI is InChI=1S/C36H34N2O3/c1-24-18-20-26(21-19-24)36(4)23-35(2,3)38(30-17-11-10-16-29(30)36)34(41)31(22-25-12-6-5-7-13-25)37-32(39)27-14-8-9-15-28(27)33(37)40/h5-21,31H,22-23H2,1-4H3/t31-,36-/m1/s1. The van der Waals surface area contributed by atoms with Crippen LogP contribution in [-0.2, 0) is 16.6 Å². The molecule has 0 radical (unpaired) electrons. The van der Waals surface area contributed by atoms with Gasteiger partial charge in [0.1, 0.15) is 6.04 Å². The molecule has 206 valence electrons. The Kier molecular flexibility index (Phi) is 6.41. The maximum Gasteiger partial charge on any atom is 0.262 e. The van der Waals surface area contributed by atoms with Crippen LogP contribution in [0.4, 0.5) is 5.69 Å². The van der Waals surface area contributed by atoms with Gasteiger partial charge in [-0.25, -0.2) is 0 Å². The molecule has 0 fully saturated rings. The van der Waals surface area contributed by atoms with Crippen LogP contribution in [0.3, 0.4) is 0 Å². The van der Waals surface area contributed by atoms with Gasteiger partial charge in [-0.15, -0.1) is 0 Å².